The quantitative estimate of drug-likeness (QED) is 0.783. The van der Waals surface area contributed by atoms with E-state index >= 15 is 0 Å². The fourth-order valence-electron chi connectivity index (χ4n) is 2.09. The van der Waals surface area contributed by atoms with Gasteiger partial charge >= 0.3 is 0 Å². The van der Waals surface area contributed by atoms with Gasteiger partial charge in [-0.1, -0.05) is 25.5 Å². The summed E-state index contributed by atoms with van der Waals surface area (Å²) in [5, 5.41) is 3.37. The number of rotatable bonds is 4. The van der Waals surface area contributed by atoms with E-state index in [0.29, 0.717) is 0 Å². The van der Waals surface area contributed by atoms with Gasteiger partial charge in [0, 0.05) is 17.1 Å². The molecule has 0 amide bonds. The summed E-state index contributed by atoms with van der Waals surface area (Å²) in [5.41, 5.74) is 11.3. The highest BCUT2D eigenvalue weighted by Crippen LogP contribution is 2.21. The Labute approximate surface area is 109 Å². The zero-order chi connectivity index (χ0) is 13.0. The van der Waals surface area contributed by atoms with Crippen LogP contribution in [0.1, 0.15) is 24.5 Å². The third-order valence-corrected chi connectivity index (χ3v) is 2.88. The van der Waals surface area contributed by atoms with Crippen LogP contribution in [0.15, 0.2) is 42.5 Å². The van der Waals surface area contributed by atoms with Crippen LogP contribution in [0.5, 0.6) is 0 Å². The van der Waals surface area contributed by atoms with E-state index in [1.54, 1.807) is 0 Å². The van der Waals surface area contributed by atoms with Gasteiger partial charge in [-0.3, -0.25) is 0 Å². The predicted molar refractivity (Wildman–Crippen MR) is 79.3 cm³/mol. The normalized spacial score (nSPS) is 10.3. The highest BCUT2D eigenvalue weighted by Gasteiger charge is 1.98. The van der Waals surface area contributed by atoms with E-state index < -0.39 is 0 Å². The first-order valence-electron chi connectivity index (χ1n) is 6.40. The Morgan fingerprint density at radius 2 is 1.72 bits per heavy atom. The van der Waals surface area contributed by atoms with Crippen molar-refractivity contribution in [1.29, 1.82) is 0 Å². The molecular weight excluding hydrogens is 220 g/mol. The van der Waals surface area contributed by atoms with Crippen molar-refractivity contribution in [1.82, 2.24) is 0 Å². The van der Waals surface area contributed by atoms with Gasteiger partial charge in [-0.2, -0.15) is 0 Å². The topological polar surface area (TPSA) is 38.0 Å². The molecular formula is C16H20N2. The van der Waals surface area contributed by atoms with Gasteiger partial charge in [0.05, 0.1) is 0 Å². The summed E-state index contributed by atoms with van der Waals surface area (Å²) < 4.78 is 0. The number of nitrogens with two attached hydrogens (primary N) is 1. The fourth-order valence-corrected chi connectivity index (χ4v) is 2.09. The number of hydrogen-bond acceptors (Lipinski definition) is 2. The summed E-state index contributed by atoms with van der Waals surface area (Å²) in [6, 6.07) is 14.6. The van der Waals surface area contributed by atoms with Crippen molar-refractivity contribution in [2.45, 2.75) is 26.7 Å². The lowest BCUT2D eigenvalue weighted by molar-refractivity contribution is 0.922. The molecule has 2 heteroatoms. The second kappa shape index (κ2) is 5.58. The molecule has 0 aliphatic heterocycles. The number of anilines is 3. The summed E-state index contributed by atoms with van der Waals surface area (Å²) in [6.45, 7) is 4.24. The van der Waals surface area contributed by atoms with Crippen LogP contribution in [0.2, 0.25) is 0 Å². The van der Waals surface area contributed by atoms with Crippen LogP contribution in [-0.4, -0.2) is 0 Å². The zero-order valence-corrected chi connectivity index (χ0v) is 11.0. The van der Waals surface area contributed by atoms with E-state index in [2.05, 4.69) is 42.6 Å². The van der Waals surface area contributed by atoms with Crippen molar-refractivity contribution in [3.8, 4) is 0 Å². The van der Waals surface area contributed by atoms with Crippen LogP contribution in [0, 0.1) is 6.92 Å². The molecule has 0 spiro atoms. The van der Waals surface area contributed by atoms with Gasteiger partial charge in [0.2, 0.25) is 0 Å². The third kappa shape index (κ3) is 3.27. The molecule has 0 aliphatic rings. The predicted octanol–water partition coefficient (Wildman–Crippen LogP) is 4.27. The molecule has 94 valence electrons. The smallest absolute Gasteiger partial charge is 0.0407 e. The first-order chi connectivity index (χ1) is 8.67. The Bertz CT molecular complexity index is 495. The maximum absolute atomic E-state index is 5.84. The van der Waals surface area contributed by atoms with Gasteiger partial charge in [-0.15, -0.1) is 0 Å². The molecule has 0 radical (unpaired) electrons. The number of nitrogen functional groups attached to an aromatic ring is 1. The Morgan fingerprint density at radius 3 is 2.33 bits per heavy atom. The van der Waals surface area contributed by atoms with Gasteiger partial charge in [0.15, 0.2) is 0 Å². The zero-order valence-electron chi connectivity index (χ0n) is 11.0. The first-order valence-corrected chi connectivity index (χ1v) is 6.40. The summed E-state index contributed by atoms with van der Waals surface area (Å²) >= 11 is 0. The van der Waals surface area contributed by atoms with E-state index in [9.17, 15) is 0 Å². The number of benzene rings is 2. The minimum atomic E-state index is 0.792. The van der Waals surface area contributed by atoms with E-state index in [4.69, 9.17) is 5.73 Å². The first kappa shape index (κ1) is 12.5. The van der Waals surface area contributed by atoms with Crippen molar-refractivity contribution in [3.05, 3.63) is 53.6 Å². The molecule has 3 N–H and O–H groups in total. The molecule has 0 unspecified atom stereocenters. The lowest BCUT2D eigenvalue weighted by Crippen LogP contribution is -1.94. The summed E-state index contributed by atoms with van der Waals surface area (Å²) in [5.74, 6) is 0. The average molecular weight is 240 g/mol. The van der Waals surface area contributed by atoms with Crippen LogP contribution >= 0.6 is 0 Å². The molecule has 2 nitrogen and oxygen atoms in total. The van der Waals surface area contributed by atoms with Crippen LogP contribution < -0.4 is 11.1 Å². The van der Waals surface area contributed by atoms with Crippen molar-refractivity contribution in [2.75, 3.05) is 11.1 Å². The second-order valence-electron chi connectivity index (χ2n) is 4.70. The van der Waals surface area contributed by atoms with Gasteiger partial charge in [-0.05, 0) is 54.8 Å². The molecule has 0 atom stereocenters. The molecule has 18 heavy (non-hydrogen) atoms. The molecule has 0 bridgehead atoms. The van der Waals surface area contributed by atoms with E-state index in [1.165, 1.54) is 17.5 Å². The van der Waals surface area contributed by atoms with E-state index in [1.807, 2.05) is 19.1 Å². The van der Waals surface area contributed by atoms with Crippen molar-refractivity contribution >= 4 is 17.1 Å². The molecule has 0 aromatic heterocycles. The standard InChI is InChI=1S/C16H20N2/c1-3-4-13-5-7-15(8-6-13)18-16-10-12(2)9-14(17)11-16/h5-11,18H,3-4,17H2,1-2H3. The third-order valence-electron chi connectivity index (χ3n) is 2.88. The Balaban J connectivity index is 2.13. The van der Waals surface area contributed by atoms with Crippen molar-refractivity contribution in [2.24, 2.45) is 0 Å². The number of hydrogen-bond donors (Lipinski definition) is 2. The average Bonchev–Trinajstić information content (AvgIpc) is 2.31. The lowest BCUT2D eigenvalue weighted by atomic mass is 10.1. The SMILES string of the molecule is CCCc1ccc(Nc2cc(C)cc(N)c2)cc1. The molecule has 0 saturated carbocycles. The largest absolute Gasteiger partial charge is 0.399 e. The molecule has 0 aliphatic carbocycles. The Hall–Kier alpha value is -1.96. The Morgan fingerprint density at radius 1 is 1.00 bits per heavy atom. The number of nitrogens with one attached hydrogen (secondary N) is 1. The molecule has 2 rings (SSSR count). The minimum Gasteiger partial charge on any atom is -0.399 e. The van der Waals surface area contributed by atoms with Crippen LogP contribution in [0.3, 0.4) is 0 Å². The van der Waals surface area contributed by atoms with Crippen molar-refractivity contribution in [3.63, 3.8) is 0 Å². The van der Waals surface area contributed by atoms with Crippen LogP contribution in [0.4, 0.5) is 17.1 Å². The molecule has 0 fully saturated rings. The molecule has 2 aromatic rings. The van der Waals surface area contributed by atoms with E-state index in [-0.39, 0.29) is 0 Å². The molecule has 0 heterocycles. The van der Waals surface area contributed by atoms with Crippen LogP contribution in [0.25, 0.3) is 0 Å². The highest BCUT2D eigenvalue weighted by molar-refractivity contribution is 5.64. The minimum absolute atomic E-state index is 0.792. The Kier molecular flexibility index (Phi) is 3.88. The summed E-state index contributed by atoms with van der Waals surface area (Å²) in [4.78, 5) is 0. The van der Waals surface area contributed by atoms with Crippen molar-refractivity contribution < 1.29 is 0 Å². The second-order valence-corrected chi connectivity index (χ2v) is 4.70. The fraction of sp³-hybridized carbons (Fsp3) is 0.250. The van der Waals surface area contributed by atoms with Gasteiger partial charge in [0.1, 0.15) is 0 Å². The summed E-state index contributed by atoms with van der Waals surface area (Å²) in [6.07, 6.45) is 2.32. The molecule has 0 saturated heterocycles. The van der Waals surface area contributed by atoms with Gasteiger partial charge < -0.3 is 11.1 Å². The maximum atomic E-state index is 5.84. The lowest BCUT2D eigenvalue weighted by Gasteiger charge is -2.09. The summed E-state index contributed by atoms with van der Waals surface area (Å²) in [7, 11) is 0. The maximum Gasteiger partial charge on any atom is 0.0407 e. The monoisotopic (exact) mass is 240 g/mol. The van der Waals surface area contributed by atoms with Gasteiger partial charge in [0.25, 0.3) is 0 Å². The highest BCUT2D eigenvalue weighted by atomic mass is 14.9. The van der Waals surface area contributed by atoms with E-state index in [0.717, 1.165) is 23.5 Å². The van der Waals surface area contributed by atoms with Crippen LogP contribution in [-0.2, 0) is 6.42 Å². The van der Waals surface area contributed by atoms with Gasteiger partial charge in [-0.25, -0.2) is 0 Å². The number of aryl methyl sites for hydroxylation is 2. The molecule has 2 aromatic carbocycles.